The number of rotatable bonds is 6. The number of ether oxygens (including phenoxy) is 1. The molecule has 1 N–H and O–H groups in total. The third-order valence-corrected chi connectivity index (χ3v) is 4.16. The molecule has 0 saturated heterocycles. The van der Waals surface area contributed by atoms with Gasteiger partial charge in [-0.05, 0) is 46.3 Å². The maximum Gasteiger partial charge on any atom is 0.335 e. The second-order valence-corrected chi connectivity index (χ2v) is 5.98. The van der Waals surface area contributed by atoms with Crippen molar-refractivity contribution in [1.29, 1.82) is 0 Å². The van der Waals surface area contributed by atoms with Gasteiger partial charge in [-0.15, -0.1) is 11.8 Å². The van der Waals surface area contributed by atoms with Crippen LogP contribution in [0.2, 0.25) is 0 Å². The molecule has 5 heteroatoms. The second-order valence-electron chi connectivity index (χ2n) is 3.96. The van der Waals surface area contributed by atoms with E-state index in [1.165, 1.54) is 17.0 Å². The van der Waals surface area contributed by atoms with Crippen LogP contribution in [0.25, 0.3) is 0 Å². The van der Waals surface area contributed by atoms with Gasteiger partial charge in [0, 0.05) is 10.6 Å². The number of carboxylic acids is 1. The molecule has 0 radical (unpaired) electrons. The summed E-state index contributed by atoms with van der Waals surface area (Å²) in [5.41, 5.74) is 0.221. The van der Waals surface area contributed by atoms with Gasteiger partial charge in [0.05, 0.1) is 16.6 Å². The third-order valence-electron chi connectivity index (χ3n) is 2.53. The van der Waals surface area contributed by atoms with E-state index in [1.54, 1.807) is 17.8 Å². The largest absolute Gasteiger partial charge is 0.492 e. The van der Waals surface area contributed by atoms with Crippen molar-refractivity contribution in [2.45, 2.75) is 4.90 Å². The Morgan fingerprint density at radius 3 is 2.65 bits per heavy atom. The van der Waals surface area contributed by atoms with E-state index in [4.69, 9.17) is 9.84 Å². The van der Waals surface area contributed by atoms with Crippen molar-refractivity contribution in [2.75, 3.05) is 12.4 Å². The van der Waals surface area contributed by atoms with Crippen LogP contribution >= 0.6 is 27.7 Å². The maximum absolute atomic E-state index is 10.9. The molecule has 0 unspecified atom stereocenters. The Morgan fingerprint density at radius 1 is 1.20 bits per heavy atom. The lowest BCUT2D eigenvalue weighted by atomic mass is 10.2. The molecule has 0 aromatic heterocycles. The Hall–Kier alpha value is -1.46. The molecule has 0 aliphatic rings. The summed E-state index contributed by atoms with van der Waals surface area (Å²) in [7, 11) is 0. The molecule has 0 bridgehead atoms. The van der Waals surface area contributed by atoms with Gasteiger partial charge >= 0.3 is 5.97 Å². The highest BCUT2D eigenvalue weighted by atomic mass is 79.9. The van der Waals surface area contributed by atoms with Crippen LogP contribution in [-0.2, 0) is 0 Å². The van der Waals surface area contributed by atoms with Crippen LogP contribution in [-0.4, -0.2) is 23.4 Å². The van der Waals surface area contributed by atoms with E-state index in [0.717, 1.165) is 10.2 Å². The summed E-state index contributed by atoms with van der Waals surface area (Å²) in [4.78, 5) is 12.1. The monoisotopic (exact) mass is 352 g/mol. The minimum absolute atomic E-state index is 0.221. The van der Waals surface area contributed by atoms with Gasteiger partial charge in [0.1, 0.15) is 5.75 Å². The minimum Gasteiger partial charge on any atom is -0.492 e. The lowest BCUT2D eigenvalue weighted by Crippen LogP contribution is -2.03. The SMILES string of the molecule is O=C(O)c1ccc(Br)c(OCCSc2ccccc2)c1. The van der Waals surface area contributed by atoms with Crippen molar-refractivity contribution >= 4 is 33.7 Å². The zero-order chi connectivity index (χ0) is 14.4. The summed E-state index contributed by atoms with van der Waals surface area (Å²) in [5.74, 6) is 0.396. The average molecular weight is 353 g/mol. The number of thioether (sulfide) groups is 1. The number of benzene rings is 2. The van der Waals surface area contributed by atoms with E-state index >= 15 is 0 Å². The fraction of sp³-hybridized carbons (Fsp3) is 0.133. The van der Waals surface area contributed by atoms with Crippen molar-refractivity contribution in [3.05, 3.63) is 58.6 Å². The van der Waals surface area contributed by atoms with Crippen LogP contribution in [0.4, 0.5) is 0 Å². The summed E-state index contributed by atoms with van der Waals surface area (Å²) in [6.45, 7) is 0.515. The molecule has 2 rings (SSSR count). The summed E-state index contributed by atoms with van der Waals surface area (Å²) < 4.78 is 6.37. The summed E-state index contributed by atoms with van der Waals surface area (Å²) in [5, 5.41) is 8.95. The van der Waals surface area contributed by atoms with Gasteiger partial charge in [-0.3, -0.25) is 0 Å². The van der Waals surface area contributed by atoms with Crippen molar-refractivity contribution in [1.82, 2.24) is 0 Å². The van der Waals surface area contributed by atoms with Gasteiger partial charge in [0.2, 0.25) is 0 Å². The molecular formula is C15H13BrO3S. The van der Waals surface area contributed by atoms with E-state index < -0.39 is 5.97 Å². The van der Waals surface area contributed by atoms with Gasteiger partial charge < -0.3 is 9.84 Å². The Balaban J connectivity index is 1.88. The molecule has 0 fully saturated rings. The number of carboxylic acid groups (broad SMARTS) is 1. The number of aromatic carboxylic acids is 1. The van der Waals surface area contributed by atoms with Gasteiger partial charge in [-0.2, -0.15) is 0 Å². The molecule has 0 atom stereocenters. The molecule has 20 heavy (non-hydrogen) atoms. The van der Waals surface area contributed by atoms with E-state index in [1.807, 2.05) is 30.3 Å². The Labute approximate surface area is 130 Å². The van der Waals surface area contributed by atoms with Crippen LogP contribution in [0.15, 0.2) is 57.9 Å². The fourth-order valence-corrected chi connectivity index (χ4v) is 2.69. The third kappa shape index (κ3) is 4.28. The lowest BCUT2D eigenvalue weighted by molar-refractivity contribution is 0.0696. The predicted molar refractivity (Wildman–Crippen MR) is 83.8 cm³/mol. The number of carbonyl (C=O) groups is 1. The van der Waals surface area contributed by atoms with Crippen LogP contribution in [0.1, 0.15) is 10.4 Å². The van der Waals surface area contributed by atoms with E-state index in [2.05, 4.69) is 15.9 Å². The smallest absolute Gasteiger partial charge is 0.335 e. The van der Waals surface area contributed by atoms with E-state index in [-0.39, 0.29) is 5.56 Å². The number of hydrogen-bond acceptors (Lipinski definition) is 3. The van der Waals surface area contributed by atoms with E-state index in [9.17, 15) is 4.79 Å². The molecule has 104 valence electrons. The van der Waals surface area contributed by atoms with Gasteiger partial charge in [-0.25, -0.2) is 4.79 Å². The zero-order valence-corrected chi connectivity index (χ0v) is 13.0. The Bertz CT molecular complexity index is 587. The Kier molecular flexibility index (Phi) is 5.49. The van der Waals surface area contributed by atoms with Crippen LogP contribution in [0.5, 0.6) is 5.75 Å². The van der Waals surface area contributed by atoms with Gasteiger partial charge in [0.25, 0.3) is 0 Å². The number of halogens is 1. The van der Waals surface area contributed by atoms with Gasteiger partial charge in [0.15, 0.2) is 0 Å². The minimum atomic E-state index is -0.957. The molecule has 0 amide bonds. The fourth-order valence-electron chi connectivity index (χ4n) is 1.57. The van der Waals surface area contributed by atoms with Crippen LogP contribution in [0.3, 0.4) is 0 Å². The molecule has 2 aromatic carbocycles. The van der Waals surface area contributed by atoms with Crippen LogP contribution in [0, 0.1) is 0 Å². The molecule has 0 saturated carbocycles. The molecule has 0 aliphatic carbocycles. The topological polar surface area (TPSA) is 46.5 Å². The van der Waals surface area contributed by atoms with Crippen LogP contribution < -0.4 is 4.74 Å². The molecule has 2 aromatic rings. The maximum atomic E-state index is 10.9. The quantitative estimate of drug-likeness (QED) is 0.621. The summed E-state index contributed by atoms with van der Waals surface area (Å²) in [6, 6.07) is 14.8. The molecule has 3 nitrogen and oxygen atoms in total. The molecular weight excluding hydrogens is 340 g/mol. The first kappa shape index (κ1) is 14.9. The van der Waals surface area contributed by atoms with Crippen molar-refractivity contribution in [3.8, 4) is 5.75 Å². The zero-order valence-electron chi connectivity index (χ0n) is 10.6. The summed E-state index contributed by atoms with van der Waals surface area (Å²) >= 11 is 5.05. The average Bonchev–Trinajstić information content (AvgIpc) is 2.46. The normalized spacial score (nSPS) is 10.2. The highest BCUT2D eigenvalue weighted by molar-refractivity contribution is 9.10. The van der Waals surface area contributed by atoms with Crippen molar-refractivity contribution in [3.63, 3.8) is 0 Å². The Morgan fingerprint density at radius 2 is 1.95 bits per heavy atom. The predicted octanol–water partition coefficient (Wildman–Crippen LogP) is 4.32. The van der Waals surface area contributed by atoms with E-state index in [0.29, 0.717) is 12.4 Å². The van der Waals surface area contributed by atoms with Crippen molar-refractivity contribution < 1.29 is 14.6 Å². The van der Waals surface area contributed by atoms with Gasteiger partial charge in [-0.1, -0.05) is 18.2 Å². The molecule has 0 aliphatic heterocycles. The second kappa shape index (κ2) is 7.36. The standard InChI is InChI=1S/C15H13BrO3S/c16-13-7-6-11(15(17)18)10-14(13)19-8-9-20-12-4-2-1-3-5-12/h1-7,10H,8-9H2,(H,17,18). The first-order chi connectivity index (χ1) is 9.66. The highest BCUT2D eigenvalue weighted by Crippen LogP contribution is 2.26. The van der Waals surface area contributed by atoms with Crippen molar-refractivity contribution in [2.24, 2.45) is 0 Å². The first-order valence-electron chi connectivity index (χ1n) is 6.00. The molecule has 0 heterocycles. The lowest BCUT2D eigenvalue weighted by Gasteiger charge is -2.09. The molecule has 0 spiro atoms. The first-order valence-corrected chi connectivity index (χ1v) is 7.78. The number of hydrogen-bond donors (Lipinski definition) is 1. The highest BCUT2D eigenvalue weighted by Gasteiger charge is 2.07. The summed E-state index contributed by atoms with van der Waals surface area (Å²) in [6.07, 6.45) is 0.